The Morgan fingerprint density at radius 1 is 1.26 bits per heavy atom. The highest BCUT2D eigenvalue weighted by Gasteiger charge is 2.31. The van der Waals surface area contributed by atoms with Crippen molar-refractivity contribution in [1.82, 2.24) is 20.1 Å². The molecule has 3 aromatic rings. The summed E-state index contributed by atoms with van der Waals surface area (Å²) in [7, 11) is 0. The van der Waals surface area contributed by atoms with Crippen molar-refractivity contribution in [2.24, 2.45) is 0 Å². The van der Waals surface area contributed by atoms with E-state index in [1.807, 2.05) is 6.20 Å². The van der Waals surface area contributed by atoms with Gasteiger partial charge in [0.1, 0.15) is 5.69 Å². The van der Waals surface area contributed by atoms with Gasteiger partial charge in [0.15, 0.2) is 5.78 Å². The van der Waals surface area contributed by atoms with E-state index in [0.29, 0.717) is 24.1 Å². The first-order valence-corrected chi connectivity index (χ1v) is 10.2. The summed E-state index contributed by atoms with van der Waals surface area (Å²) < 4.78 is 0. The normalized spacial score (nSPS) is 15.2. The van der Waals surface area contributed by atoms with Crippen molar-refractivity contribution in [2.45, 2.75) is 38.6 Å². The van der Waals surface area contributed by atoms with Crippen LogP contribution < -0.4 is 0 Å². The number of aromatic nitrogens is 3. The number of hydrogen-bond donors (Lipinski definition) is 1. The number of ketones is 1. The van der Waals surface area contributed by atoms with Crippen LogP contribution in [0.4, 0.5) is 0 Å². The lowest BCUT2D eigenvalue weighted by Gasteiger charge is -2.41. The smallest absolute Gasteiger partial charge is 0.180 e. The molecule has 1 aromatic carbocycles. The van der Waals surface area contributed by atoms with Crippen molar-refractivity contribution >= 4 is 17.1 Å². The predicted molar refractivity (Wildman–Crippen MR) is 108 cm³/mol. The third-order valence-electron chi connectivity index (χ3n) is 5.19. The number of aromatic amines is 1. The van der Waals surface area contributed by atoms with Gasteiger partial charge in [-0.2, -0.15) is 5.10 Å². The molecule has 3 heterocycles. The van der Waals surface area contributed by atoms with Gasteiger partial charge in [0.05, 0.1) is 9.88 Å². The molecule has 0 atom stereocenters. The Labute approximate surface area is 163 Å². The molecule has 1 aliphatic rings. The summed E-state index contributed by atoms with van der Waals surface area (Å²) in [5.41, 5.74) is 2.95. The SMILES string of the molecule is CC(C)N1CC(c2ncc(-c3ccc(CCC(=O)c4ccn[nH]4)cc3)s2)C1. The minimum atomic E-state index is 0.0969. The number of carbonyl (C=O) groups is 1. The molecule has 0 radical (unpaired) electrons. The van der Waals surface area contributed by atoms with E-state index in [-0.39, 0.29) is 5.78 Å². The molecule has 6 heteroatoms. The zero-order valence-electron chi connectivity index (χ0n) is 15.7. The summed E-state index contributed by atoms with van der Waals surface area (Å²) in [5, 5.41) is 7.80. The third kappa shape index (κ3) is 4.01. The van der Waals surface area contributed by atoms with E-state index in [1.165, 1.54) is 21.0 Å². The number of thiazole rings is 1. The lowest BCUT2D eigenvalue weighted by molar-refractivity contribution is 0.0978. The van der Waals surface area contributed by atoms with Crippen LogP contribution in [-0.4, -0.2) is 45.0 Å². The molecule has 0 bridgehead atoms. The molecule has 2 aromatic heterocycles. The second-order valence-electron chi connectivity index (χ2n) is 7.40. The molecule has 5 nitrogen and oxygen atoms in total. The highest BCUT2D eigenvalue weighted by Crippen LogP contribution is 2.35. The van der Waals surface area contributed by atoms with Crippen molar-refractivity contribution in [3.05, 3.63) is 59.0 Å². The molecule has 1 saturated heterocycles. The van der Waals surface area contributed by atoms with Crippen LogP contribution in [0.15, 0.2) is 42.7 Å². The molecule has 0 unspecified atom stereocenters. The van der Waals surface area contributed by atoms with Crippen LogP contribution in [0.3, 0.4) is 0 Å². The van der Waals surface area contributed by atoms with Gasteiger partial charge in [-0.1, -0.05) is 24.3 Å². The van der Waals surface area contributed by atoms with Crippen LogP contribution in [0, 0.1) is 0 Å². The van der Waals surface area contributed by atoms with Crippen LogP contribution in [0.25, 0.3) is 10.4 Å². The molecule has 1 aliphatic heterocycles. The minimum absolute atomic E-state index is 0.0969. The van der Waals surface area contributed by atoms with Crippen LogP contribution in [-0.2, 0) is 6.42 Å². The maximum atomic E-state index is 12.1. The molecule has 0 saturated carbocycles. The predicted octanol–water partition coefficient (Wildman–Crippen LogP) is 4.16. The quantitative estimate of drug-likeness (QED) is 0.625. The number of hydrogen-bond acceptors (Lipinski definition) is 5. The molecule has 1 fully saturated rings. The molecule has 0 amide bonds. The second kappa shape index (κ2) is 7.74. The van der Waals surface area contributed by atoms with E-state index < -0.39 is 0 Å². The Balaban J connectivity index is 1.35. The standard InChI is InChI=1S/C21H24N4OS/c1-14(2)25-12-17(13-25)21-22-11-20(27-21)16-6-3-15(4-7-16)5-8-19(26)18-9-10-23-24-18/h3-4,6-7,9-11,14,17H,5,8,12-13H2,1-2H3,(H,23,24). The first kappa shape index (κ1) is 18.1. The van der Waals surface area contributed by atoms with E-state index in [4.69, 9.17) is 0 Å². The largest absolute Gasteiger partial charge is 0.299 e. The average Bonchev–Trinajstić information content (AvgIpc) is 3.31. The van der Waals surface area contributed by atoms with Gasteiger partial charge in [0.25, 0.3) is 0 Å². The number of benzene rings is 1. The molecular weight excluding hydrogens is 356 g/mol. The Morgan fingerprint density at radius 3 is 2.70 bits per heavy atom. The van der Waals surface area contributed by atoms with Gasteiger partial charge < -0.3 is 0 Å². The Bertz CT molecular complexity index is 893. The van der Waals surface area contributed by atoms with Crippen LogP contribution in [0.2, 0.25) is 0 Å². The van der Waals surface area contributed by atoms with Gasteiger partial charge >= 0.3 is 0 Å². The first-order chi connectivity index (χ1) is 13.1. The summed E-state index contributed by atoms with van der Waals surface area (Å²) >= 11 is 1.80. The van der Waals surface area contributed by atoms with Crippen LogP contribution in [0.1, 0.15) is 47.2 Å². The zero-order chi connectivity index (χ0) is 18.8. The molecule has 4 rings (SSSR count). The maximum Gasteiger partial charge on any atom is 0.180 e. The lowest BCUT2D eigenvalue weighted by Crippen LogP contribution is -2.48. The summed E-state index contributed by atoms with van der Waals surface area (Å²) in [4.78, 5) is 20.4. The number of Topliss-reactive ketones (excluding diaryl/α,β-unsaturated/α-hetero) is 1. The Kier molecular flexibility index (Phi) is 5.18. The Morgan fingerprint density at radius 2 is 2.04 bits per heavy atom. The fraction of sp³-hybridized carbons (Fsp3) is 0.381. The molecule has 0 spiro atoms. The van der Waals surface area contributed by atoms with E-state index in [2.05, 4.69) is 58.2 Å². The van der Waals surface area contributed by atoms with E-state index in [1.54, 1.807) is 23.6 Å². The highest BCUT2D eigenvalue weighted by molar-refractivity contribution is 7.15. The number of carbonyl (C=O) groups excluding carboxylic acids is 1. The molecule has 27 heavy (non-hydrogen) atoms. The summed E-state index contributed by atoms with van der Waals surface area (Å²) in [6.45, 7) is 6.73. The number of aryl methyl sites for hydroxylation is 1. The molecule has 1 N–H and O–H groups in total. The number of H-pyrrole nitrogens is 1. The van der Waals surface area contributed by atoms with E-state index in [9.17, 15) is 4.79 Å². The second-order valence-corrected chi connectivity index (χ2v) is 8.46. The number of nitrogens with one attached hydrogen (secondary N) is 1. The van der Waals surface area contributed by atoms with Crippen molar-refractivity contribution in [3.63, 3.8) is 0 Å². The van der Waals surface area contributed by atoms with Crippen molar-refractivity contribution in [2.75, 3.05) is 13.1 Å². The van der Waals surface area contributed by atoms with Crippen LogP contribution >= 0.6 is 11.3 Å². The molecule has 0 aliphatic carbocycles. The summed E-state index contributed by atoms with van der Waals surface area (Å²) in [5.74, 6) is 0.679. The lowest BCUT2D eigenvalue weighted by atomic mass is 9.99. The monoisotopic (exact) mass is 380 g/mol. The molecular formula is C21H24N4OS. The number of nitrogens with zero attached hydrogens (tertiary/aromatic N) is 3. The highest BCUT2D eigenvalue weighted by atomic mass is 32.1. The van der Waals surface area contributed by atoms with Gasteiger partial charge in [-0.05, 0) is 37.5 Å². The third-order valence-corrected chi connectivity index (χ3v) is 6.40. The maximum absolute atomic E-state index is 12.1. The van der Waals surface area contributed by atoms with Gasteiger partial charge in [-0.3, -0.25) is 14.8 Å². The summed E-state index contributed by atoms with van der Waals surface area (Å²) in [6, 6.07) is 10.8. The van der Waals surface area contributed by atoms with E-state index in [0.717, 1.165) is 19.5 Å². The van der Waals surface area contributed by atoms with Crippen molar-refractivity contribution < 1.29 is 4.79 Å². The van der Waals surface area contributed by atoms with Gasteiger partial charge in [0.2, 0.25) is 0 Å². The minimum Gasteiger partial charge on any atom is -0.299 e. The van der Waals surface area contributed by atoms with Crippen LogP contribution in [0.5, 0.6) is 0 Å². The van der Waals surface area contributed by atoms with Gasteiger partial charge in [0, 0.05) is 43.9 Å². The number of likely N-dealkylation sites (tertiary alicyclic amines) is 1. The first-order valence-electron chi connectivity index (χ1n) is 9.42. The van der Waals surface area contributed by atoms with Gasteiger partial charge in [-0.25, -0.2) is 4.98 Å². The summed E-state index contributed by atoms with van der Waals surface area (Å²) in [6.07, 6.45) is 4.82. The zero-order valence-corrected chi connectivity index (χ0v) is 16.5. The van der Waals surface area contributed by atoms with Crippen molar-refractivity contribution in [3.8, 4) is 10.4 Å². The fourth-order valence-corrected chi connectivity index (χ4v) is 4.35. The Hall–Kier alpha value is -2.31. The topological polar surface area (TPSA) is 61.9 Å². The molecule has 140 valence electrons. The van der Waals surface area contributed by atoms with Gasteiger partial charge in [-0.15, -0.1) is 11.3 Å². The fourth-order valence-electron chi connectivity index (χ4n) is 3.34. The average molecular weight is 381 g/mol. The van der Waals surface area contributed by atoms with E-state index >= 15 is 0 Å². The van der Waals surface area contributed by atoms with Crippen molar-refractivity contribution in [1.29, 1.82) is 0 Å². The number of rotatable bonds is 7.